The zero-order valence-electron chi connectivity index (χ0n) is 16.0. The number of hydrogen-bond donors (Lipinski definition) is 0. The summed E-state index contributed by atoms with van der Waals surface area (Å²) in [5, 5.41) is 1.02. The predicted octanol–water partition coefficient (Wildman–Crippen LogP) is 3.97. The lowest BCUT2D eigenvalue weighted by Crippen LogP contribution is -2.43. The van der Waals surface area contributed by atoms with E-state index in [1.54, 1.807) is 6.20 Å². The van der Waals surface area contributed by atoms with Crippen molar-refractivity contribution in [2.75, 3.05) is 19.6 Å². The van der Waals surface area contributed by atoms with E-state index in [1.165, 1.54) is 18.4 Å². The SMILES string of the molecule is O=C(c1ccc2ncccc2c1)N1C[C@H]2CC[C@@H](C1)N(Cc1ccccc1)C2. The Morgan fingerprint density at radius 2 is 1.86 bits per heavy atom. The van der Waals surface area contributed by atoms with Crippen LogP contribution in [0.3, 0.4) is 0 Å². The van der Waals surface area contributed by atoms with E-state index in [4.69, 9.17) is 0 Å². The Labute approximate surface area is 165 Å². The molecule has 4 nitrogen and oxygen atoms in total. The summed E-state index contributed by atoms with van der Waals surface area (Å²) in [5.74, 6) is 0.720. The lowest BCUT2D eigenvalue weighted by atomic mass is 9.94. The van der Waals surface area contributed by atoms with Crippen LogP contribution in [0.1, 0.15) is 28.8 Å². The summed E-state index contributed by atoms with van der Waals surface area (Å²) in [5.41, 5.74) is 3.07. The number of pyridine rings is 1. The Hall–Kier alpha value is -2.72. The third-order valence-electron chi connectivity index (χ3n) is 6.19. The van der Waals surface area contributed by atoms with Crippen LogP contribution in [0.4, 0.5) is 0 Å². The maximum atomic E-state index is 13.3. The van der Waals surface area contributed by atoms with Gasteiger partial charge in [-0.1, -0.05) is 36.4 Å². The van der Waals surface area contributed by atoms with Crippen molar-refractivity contribution < 1.29 is 4.79 Å². The molecule has 0 aliphatic carbocycles. The van der Waals surface area contributed by atoms with Crippen molar-refractivity contribution in [2.45, 2.75) is 25.4 Å². The van der Waals surface area contributed by atoms with E-state index in [-0.39, 0.29) is 5.91 Å². The molecule has 4 heteroatoms. The van der Waals surface area contributed by atoms with Gasteiger partial charge in [-0.15, -0.1) is 0 Å². The molecule has 142 valence electrons. The molecule has 3 aromatic rings. The summed E-state index contributed by atoms with van der Waals surface area (Å²) in [7, 11) is 0. The smallest absolute Gasteiger partial charge is 0.253 e. The van der Waals surface area contributed by atoms with Gasteiger partial charge >= 0.3 is 0 Å². The fraction of sp³-hybridized carbons (Fsp3) is 0.333. The number of piperidine rings is 1. The molecule has 3 aliphatic rings. The van der Waals surface area contributed by atoms with Crippen molar-refractivity contribution >= 4 is 16.8 Å². The average molecular weight is 371 g/mol. The monoisotopic (exact) mass is 371 g/mol. The Bertz CT molecular complexity index is 987. The van der Waals surface area contributed by atoms with Crippen LogP contribution in [0, 0.1) is 5.92 Å². The molecule has 0 unspecified atom stereocenters. The van der Waals surface area contributed by atoms with Crippen LogP contribution in [0.15, 0.2) is 66.9 Å². The number of hydrogen-bond acceptors (Lipinski definition) is 3. The zero-order valence-corrected chi connectivity index (χ0v) is 16.0. The van der Waals surface area contributed by atoms with Gasteiger partial charge < -0.3 is 4.90 Å². The van der Waals surface area contributed by atoms with Crippen molar-refractivity contribution in [3.8, 4) is 0 Å². The number of carbonyl (C=O) groups excluding carboxylic acids is 1. The van der Waals surface area contributed by atoms with E-state index in [1.807, 2.05) is 30.3 Å². The van der Waals surface area contributed by atoms with Crippen LogP contribution in [0.25, 0.3) is 10.9 Å². The summed E-state index contributed by atoms with van der Waals surface area (Å²) in [6.45, 7) is 3.76. The molecule has 0 radical (unpaired) electrons. The third-order valence-corrected chi connectivity index (χ3v) is 6.19. The molecule has 28 heavy (non-hydrogen) atoms. The molecule has 2 bridgehead atoms. The molecule has 0 spiro atoms. The number of nitrogens with zero attached hydrogens (tertiary/aromatic N) is 3. The largest absolute Gasteiger partial charge is 0.337 e. The highest BCUT2D eigenvalue weighted by Gasteiger charge is 2.36. The molecule has 3 aliphatic heterocycles. The minimum atomic E-state index is 0.157. The second kappa shape index (κ2) is 7.36. The summed E-state index contributed by atoms with van der Waals surface area (Å²) in [6.07, 6.45) is 4.20. The predicted molar refractivity (Wildman–Crippen MR) is 111 cm³/mol. The summed E-state index contributed by atoms with van der Waals surface area (Å²) >= 11 is 0. The van der Waals surface area contributed by atoms with Gasteiger partial charge in [-0.05, 0) is 48.6 Å². The first-order valence-corrected chi connectivity index (χ1v) is 10.2. The van der Waals surface area contributed by atoms with Gasteiger partial charge in [0.2, 0.25) is 0 Å². The standard InChI is InChI=1S/C24H25N3O/c28-24(21-9-11-23-20(13-21)7-4-12-25-23)27-16-19-8-10-22(17-27)26(15-19)14-18-5-2-1-3-6-18/h1-7,9,11-13,19,22H,8,10,14-17H2/t19-,22-/m0/s1. The maximum absolute atomic E-state index is 13.3. The molecule has 4 heterocycles. The highest BCUT2D eigenvalue weighted by molar-refractivity contribution is 5.98. The summed E-state index contributed by atoms with van der Waals surface area (Å²) in [6, 6.07) is 20.9. The molecule has 3 saturated heterocycles. The van der Waals surface area contributed by atoms with Crippen LogP contribution >= 0.6 is 0 Å². The van der Waals surface area contributed by atoms with Crippen LogP contribution in [0.5, 0.6) is 0 Å². The first-order chi connectivity index (χ1) is 13.8. The van der Waals surface area contributed by atoms with Gasteiger partial charge in [-0.25, -0.2) is 0 Å². The van der Waals surface area contributed by atoms with Gasteiger partial charge in [0.1, 0.15) is 0 Å². The highest BCUT2D eigenvalue weighted by atomic mass is 16.2. The van der Waals surface area contributed by atoms with Crippen molar-refractivity contribution in [3.05, 3.63) is 78.0 Å². The van der Waals surface area contributed by atoms with E-state index >= 15 is 0 Å². The highest BCUT2D eigenvalue weighted by Crippen LogP contribution is 2.30. The quantitative estimate of drug-likeness (QED) is 0.699. The minimum Gasteiger partial charge on any atom is -0.337 e. The molecule has 2 atom stereocenters. The van der Waals surface area contributed by atoms with Gasteiger partial charge in [0.05, 0.1) is 5.52 Å². The lowest BCUT2D eigenvalue weighted by Gasteiger charge is -2.36. The molecule has 0 N–H and O–H groups in total. The van der Waals surface area contributed by atoms with E-state index in [9.17, 15) is 4.79 Å². The molecule has 1 aromatic heterocycles. The van der Waals surface area contributed by atoms with Crippen molar-refractivity contribution in [1.29, 1.82) is 0 Å². The molecule has 1 amide bonds. The average Bonchev–Trinajstić information content (AvgIpc) is 3.05. The second-order valence-corrected chi connectivity index (χ2v) is 8.13. The van der Waals surface area contributed by atoms with Gasteiger partial charge in [-0.2, -0.15) is 0 Å². The molecule has 0 saturated carbocycles. The molecular formula is C24H25N3O. The van der Waals surface area contributed by atoms with Crippen LogP contribution in [0.2, 0.25) is 0 Å². The lowest BCUT2D eigenvalue weighted by molar-refractivity contribution is 0.0736. The van der Waals surface area contributed by atoms with Crippen LogP contribution < -0.4 is 0 Å². The second-order valence-electron chi connectivity index (χ2n) is 8.13. The molecule has 3 fully saturated rings. The van der Waals surface area contributed by atoms with Crippen molar-refractivity contribution in [1.82, 2.24) is 14.8 Å². The Balaban J connectivity index is 1.35. The molecule has 2 aromatic carbocycles. The first kappa shape index (κ1) is 17.4. The number of rotatable bonds is 3. The van der Waals surface area contributed by atoms with E-state index in [0.29, 0.717) is 12.0 Å². The maximum Gasteiger partial charge on any atom is 0.253 e. The van der Waals surface area contributed by atoms with Gasteiger partial charge in [0, 0.05) is 49.4 Å². The van der Waals surface area contributed by atoms with Gasteiger partial charge in [-0.3, -0.25) is 14.7 Å². The summed E-state index contributed by atoms with van der Waals surface area (Å²) in [4.78, 5) is 22.3. The number of carbonyl (C=O) groups is 1. The Morgan fingerprint density at radius 3 is 2.75 bits per heavy atom. The topological polar surface area (TPSA) is 36.4 Å². The Kier molecular flexibility index (Phi) is 4.57. The van der Waals surface area contributed by atoms with Gasteiger partial charge in [0.15, 0.2) is 0 Å². The van der Waals surface area contributed by atoms with Crippen molar-refractivity contribution in [3.63, 3.8) is 0 Å². The minimum absolute atomic E-state index is 0.157. The fourth-order valence-electron chi connectivity index (χ4n) is 4.75. The third kappa shape index (κ3) is 3.40. The number of amides is 1. The zero-order chi connectivity index (χ0) is 18.9. The van der Waals surface area contributed by atoms with Gasteiger partial charge in [0.25, 0.3) is 5.91 Å². The molecular weight excluding hydrogens is 346 g/mol. The number of aromatic nitrogens is 1. The number of benzene rings is 2. The summed E-state index contributed by atoms with van der Waals surface area (Å²) < 4.78 is 0. The fourth-order valence-corrected chi connectivity index (χ4v) is 4.75. The Morgan fingerprint density at radius 1 is 0.964 bits per heavy atom. The normalized spacial score (nSPS) is 22.4. The first-order valence-electron chi connectivity index (χ1n) is 10.2. The van der Waals surface area contributed by atoms with E-state index in [0.717, 1.165) is 42.6 Å². The van der Waals surface area contributed by atoms with Crippen LogP contribution in [-0.2, 0) is 6.54 Å². The van der Waals surface area contributed by atoms with E-state index in [2.05, 4.69) is 45.1 Å². The van der Waals surface area contributed by atoms with Crippen LogP contribution in [-0.4, -0.2) is 46.4 Å². The number of fused-ring (bicyclic) bond motifs is 5. The van der Waals surface area contributed by atoms with Crippen molar-refractivity contribution in [2.24, 2.45) is 5.92 Å². The van der Waals surface area contributed by atoms with E-state index < -0.39 is 0 Å². The molecule has 6 rings (SSSR count).